The molecule has 0 N–H and O–H groups in total. The molecule has 26 heavy (non-hydrogen) atoms. The maximum atomic E-state index is 13.2. The number of ether oxygens (including phenoxy) is 2. The fraction of sp³-hybridized carbons (Fsp3) is 0.350. The zero-order valence-electron chi connectivity index (χ0n) is 14.8. The molecule has 2 aliphatic rings. The van der Waals surface area contributed by atoms with Crippen LogP contribution in [0.15, 0.2) is 48.5 Å². The van der Waals surface area contributed by atoms with Crippen molar-refractivity contribution in [2.75, 3.05) is 30.6 Å². The van der Waals surface area contributed by atoms with Crippen molar-refractivity contribution in [3.63, 3.8) is 0 Å². The highest BCUT2D eigenvalue weighted by atomic mass is 32.2. The van der Waals surface area contributed by atoms with Crippen LogP contribution in [0, 0.1) is 0 Å². The molecule has 2 heterocycles. The van der Waals surface area contributed by atoms with Gasteiger partial charge in [-0.05, 0) is 59.9 Å². The number of hydrogen-bond donors (Lipinski definition) is 0. The molecule has 0 saturated carbocycles. The molecule has 0 radical (unpaired) electrons. The summed E-state index contributed by atoms with van der Waals surface area (Å²) in [7, 11) is 3.31. The monoisotopic (exact) mass is 387 g/mol. The number of amides is 1. The number of carbonyl (C=O) groups is 1. The van der Waals surface area contributed by atoms with Gasteiger partial charge >= 0.3 is 0 Å². The minimum absolute atomic E-state index is 0.0181. The van der Waals surface area contributed by atoms with E-state index < -0.39 is 4.08 Å². The predicted octanol–water partition coefficient (Wildman–Crippen LogP) is 4.36. The van der Waals surface area contributed by atoms with Gasteiger partial charge < -0.3 is 14.4 Å². The van der Waals surface area contributed by atoms with Gasteiger partial charge in [-0.1, -0.05) is 12.1 Å². The fourth-order valence-electron chi connectivity index (χ4n) is 3.50. The van der Waals surface area contributed by atoms with Crippen LogP contribution in [0.4, 0.5) is 5.69 Å². The van der Waals surface area contributed by atoms with Crippen LogP contribution in [0.3, 0.4) is 0 Å². The first-order valence-electron chi connectivity index (χ1n) is 8.59. The lowest BCUT2D eigenvalue weighted by Crippen LogP contribution is -2.66. The summed E-state index contributed by atoms with van der Waals surface area (Å²) in [4.78, 5) is 15.2. The summed E-state index contributed by atoms with van der Waals surface area (Å²) < 4.78 is 10.1. The highest BCUT2D eigenvalue weighted by Crippen LogP contribution is 2.61. The van der Waals surface area contributed by atoms with E-state index in [9.17, 15) is 4.79 Å². The summed E-state index contributed by atoms with van der Waals surface area (Å²) in [6, 6.07) is 15.8. The predicted molar refractivity (Wildman–Crippen MR) is 108 cm³/mol. The molecule has 2 aromatic rings. The third kappa shape index (κ3) is 2.76. The standard InChI is InChI=1S/C20H21NO3S2/c1-23-16-8-4-14(5-9-16)18-20(25-12-3-13-26-20)19(22)21(18)15-6-10-17(24-2)11-7-15/h4-11,18H,3,12-13H2,1-2H3. The first kappa shape index (κ1) is 17.6. The molecule has 1 atom stereocenters. The summed E-state index contributed by atoms with van der Waals surface area (Å²) in [6.07, 6.45) is 1.15. The first-order valence-corrected chi connectivity index (χ1v) is 10.6. The average molecular weight is 388 g/mol. The lowest BCUT2D eigenvalue weighted by Gasteiger charge is -2.56. The number of hydrogen-bond acceptors (Lipinski definition) is 5. The van der Waals surface area contributed by atoms with Crippen molar-refractivity contribution in [3.05, 3.63) is 54.1 Å². The SMILES string of the molecule is COc1ccc(C2N(c3ccc(OC)cc3)C(=O)C23SCCCS3)cc1. The molecule has 2 saturated heterocycles. The molecule has 2 aromatic carbocycles. The number of carbonyl (C=O) groups excluding carboxylic acids is 1. The molecular weight excluding hydrogens is 366 g/mol. The van der Waals surface area contributed by atoms with Crippen molar-refractivity contribution in [1.82, 2.24) is 0 Å². The van der Waals surface area contributed by atoms with Gasteiger partial charge in [0.1, 0.15) is 11.5 Å². The Morgan fingerprint density at radius 2 is 1.46 bits per heavy atom. The van der Waals surface area contributed by atoms with Gasteiger partial charge in [0, 0.05) is 5.69 Å². The average Bonchev–Trinajstić information content (AvgIpc) is 2.72. The van der Waals surface area contributed by atoms with Crippen LogP contribution in [0.5, 0.6) is 11.5 Å². The number of β-lactam (4-membered cyclic amide) rings is 1. The van der Waals surface area contributed by atoms with Crippen molar-refractivity contribution in [2.45, 2.75) is 16.5 Å². The second-order valence-electron chi connectivity index (χ2n) is 6.27. The summed E-state index contributed by atoms with van der Waals surface area (Å²) >= 11 is 3.59. The van der Waals surface area contributed by atoms with Gasteiger partial charge in [0.15, 0.2) is 4.08 Å². The van der Waals surface area contributed by atoms with E-state index in [2.05, 4.69) is 12.1 Å². The van der Waals surface area contributed by atoms with E-state index in [0.717, 1.165) is 40.7 Å². The van der Waals surface area contributed by atoms with Crippen LogP contribution in [-0.2, 0) is 4.79 Å². The zero-order chi connectivity index (χ0) is 18.1. The second kappa shape index (κ2) is 7.08. The Kier molecular flexibility index (Phi) is 4.80. The van der Waals surface area contributed by atoms with E-state index >= 15 is 0 Å². The molecule has 1 unspecified atom stereocenters. The minimum atomic E-state index is -0.410. The number of rotatable bonds is 4. The van der Waals surface area contributed by atoms with Crippen LogP contribution in [0.2, 0.25) is 0 Å². The van der Waals surface area contributed by atoms with Gasteiger partial charge in [-0.3, -0.25) is 4.79 Å². The molecule has 2 fully saturated rings. The Balaban J connectivity index is 1.72. The maximum Gasteiger partial charge on any atom is 0.256 e. The topological polar surface area (TPSA) is 38.8 Å². The smallest absolute Gasteiger partial charge is 0.256 e. The van der Waals surface area contributed by atoms with Crippen molar-refractivity contribution in [2.24, 2.45) is 0 Å². The van der Waals surface area contributed by atoms with E-state index in [1.54, 1.807) is 37.7 Å². The Morgan fingerprint density at radius 3 is 2.00 bits per heavy atom. The van der Waals surface area contributed by atoms with Crippen LogP contribution in [0.1, 0.15) is 18.0 Å². The Labute approximate surface area is 162 Å². The normalized spacial score (nSPS) is 21.4. The van der Waals surface area contributed by atoms with E-state index in [1.165, 1.54) is 0 Å². The van der Waals surface area contributed by atoms with Crippen molar-refractivity contribution < 1.29 is 14.3 Å². The molecule has 1 spiro atoms. The fourth-order valence-corrected chi connectivity index (χ4v) is 6.94. The highest BCUT2D eigenvalue weighted by Gasteiger charge is 2.63. The molecule has 1 amide bonds. The molecule has 0 aromatic heterocycles. The maximum absolute atomic E-state index is 13.2. The quantitative estimate of drug-likeness (QED) is 0.729. The number of benzene rings is 2. The van der Waals surface area contributed by atoms with E-state index in [4.69, 9.17) is 9.47 Å². The number of anilines is 1. The first-order chi connectivity index (χ1) is 12.7. The van der Waals surface area contributed by atoms with Crippen LogP contribution in [0.25, 0.3) is 0 Å². The summed E-state index contributed by atoms with van der Waals surface area (Å²) in [6.45, 7) is 0. The molecule has 136 valence electrons. The molecule has 2 aliphatic heterocycles. The van der Waals surface area contributed by atoms with Crippen LogP contribution >= 0.6 is 23.5 Å². The summed E-state index contributed by atoms with van der Waals surface area (Å²) in [5, 5.41) is 0. The lowest BCUT2D eigenvalue weighted by molar-refractivity contribution is -0.124. The molecule has 4 rings (SSSR count). The van der Waals surface area contributed by atoms with Crippen molar-refractivity contribution in [1.29, 1.82) is 0 Å². The van der Waals surface area contributed by atoms with Crippen LogP contribution in [-0.4, -0.2) is 35.7 Å². The molecule has 4 nitrogen and oxygen atoms in total. The van der Waals surface area contributed by atoms with Crippen LogP contribution < -0.4 is 14.4 Å². The lowest BCUT2D eigenvalue weighted by atomic mass is 9.91. The molecule has 0 bridgehead atoms. The molecule has 6 heteroatoms. The van der Waals surface area contributed by atoms with Gasteiger partial charge in [-0.15, -0.1) is 23.5 Å². The largest absolute Gasteiger partial charge is 0.497 e. The highest BCUT2D eigenvalue weighted by molar-refractivity contribution is 8.20. The Bertz CT molecular complexity index is 786. The summed E-state index contributed by atoms with van der Waals surface area (Å²) in [5.41, 5.74) is 2.05. The van der Waals surface area contributed by atoms with Crippen molar-refractivity contribution in [3.8, 4) is 11.5 Å². The molecular formula is C20H21NO3S2. The third-order valence-corrected chi connectivity index (χ3v) is 8.19. The van der Waals surface area contributed by atoms with E-state index in [1.807, 2.05) is 41.3 Å². The summed E-state index contributed by atoms with van der Waals surface area (Å²) in [5.74, 6) is 3.87. The Morgan fingerprint density at radius 1 is 0.923 bits per heavy atom. The van der Waals surface area contributed by atoms with Crippen molar-refractivity contribution >= 4 is 35.1 Å². The van der Waals surface area contributed by atoms with Gasteiger partial charge in [0.05, 0.1) is 20.3 Å². The number of thioether (sulfide) groups is 2. The number of nitrogens with zero attached hydrogens (tertiary/aromatic N) is 1. The second-order valence-corrected chi connectivity index (χ2v) is 9.21. The van der Waals surface area contributed by atoms with Gasteiger partial charge in [0.25, 0.3) is 5.91 Å². The molecule has 0 aliphatic carbocycles. The Hall–Kier alpha value is -1.79. The van der Waals surface area contributed by atoms with E-state index in [0.29, 0.717) is 0 Å². The number of methoxy groups -OCH3 is 2. The van der Waals surface area contributed by atoms with E-state index in [-0.39, 0.29) is 11.9 Å². The minimum Gasteiger partial charge on any atom is -0.497 e. The van der Waals surface area contributed by atoms with Gasteiger partial charge in [-0.25, -0.2) is 0 Å². The third-order valence-electron chi connectivity index (χ3n) is 4.84. The van der Waals surface area contributed by atoms with Gasteiger partial charge in [0.2, 0.25) is 0 Å². The van der Waals surface area contributed by atoms with Gasteiger partial charge in [-0.2, -0.15) is 0 Å². The zero-order valence-corrected chi connectivity index (χ0v) is 16.4.